The highest BCUT2D eigenvalue weighted by molar-refractivity contribution is 5.82. The van der Waals surface area contributed by atoms with Crippen molar-refractivity contribution in [3.63, 3.8) is 0 Å². The van der Waals surface area contributed by atoms with Gasteiger partial charge in [0, 0.05) is 6.54 Å². The molecule has 20 heavy (non-hydrogen) atoms. The maximum atomic E-state index is 11.6. The number of amides is 2. The number of carbonyl (C=O) groups excluding carboxylic acids is 2. The van der Waals surface area contributed by atoms with Gasteiger partial charge in [-0.15, -0.1) is 0 Å². The first-order valence-electron chi connectivity index (χ1n) is 6.38. The zero-order valence-electron chi connectivity index (χ0n) is 11.7. The predicted molar refractivity (Wildman–Crippen MR) is 73.8 cm³/mol. The van der Waals surface area contributed by atoms with Crippen LogP contribution in [0.1, 0.15) is 19.4 Å². The lowest BCUT2D eigenvalue weighted by Gasteiger charge is -2.16. The largest absolute Gasteiger partial charge is 0.434 e. The van der Waals surface area contributed by atoms with Crippen molar-refractivity contribution < 1.29 is 19.1 Å². The van der Waals surface area contributed by atoms with Crippen LogP contribution in [0.5, 0.6) is 0 Å². The van der Waals surface area contributed by atoms with E-state index in [0.29, 0.717) is 6.54 Å². The minimum absolute atomic E-state index is 0.0498. The quantitative estimate of drug-likeness (QED) is 0.785. The Morgan fingerprint density at radius 1 is 1.25 bits per heavy atom. The first-order chi connectivity index (χ1) is 9.49. The number of benzene rings is 1. The fraction of sp³-hybridized carbons (Fsp3) is 0.429. The summed E-state index contributed by atoms with van der Waals surface area (Å²) in [6.45, 7) is 3.89. The third-order valence-electron chi connectivity index (χ3n) is 2.43. The van der Waals surface area contributed by atoms with Gasteiger partial charge < -0.3 is 20.5 Å². The Hall–Kier alpha value is -2.08. The van der Waals surface area contributed by atoms with Gasteiger partial charge in [0.25, 0.3) is 5.91 Å². The summed E-state index contributed by atoms with van der Waals surface area (Å²) in [4.78, 5) is 22.7. The SMILES string of the molecule is CC(C)OC[C@H](OC(=O)NCc1ccccc1)C(N)=O. The maximum absolute atomic E-state index is 11.6. The Morgan fingerprint density at radius 2 is 1.90 bits per heavy atom. The molecule has 1 aromatic rings. The van der Waals surface area contributed by atoms with E-state index in [1.807, 2.05) is 44.2 Å². The Kier molecular flexibility index (Phi) is 6.52. The lowest BCUT2D eigenvalue weighted by molar-refractivity contribution is -0.130. The van der Waals surface area contributed by atoms with Gasteiger partial charge in [-0.25, -0.2) is 4.79 Å². The molecule has 0 saturated heterocycles. The van der Waals surface area contributed by atoms with Crippen molar-refractivity contribution in [1.82, 2.24) is 5.32 Å². The molecule has 0 unspecified atom stereocenters. The van der Waals surface area contributed by atoms with Crippen LogP contribution in [0.2, 0.25) is 0 Å². The first kappa shape index (κ1) is 16.0. The van der Waals surface area contributed by atoms with Crippen LogP contribution in [0.25, 0.3) is 0 Å². The molecule has 6 nitrogen and oxygen atoms in total. The number of ether oxygens (including phenoxy) is 2. The Morgan fingerprint density at radius 3 is 2.45 bits per heavy atom. The van der Waals surface area contributed by atoms with Gasteiger partial charge >= 0.3 is 6.09 Å². The zero-order chi connectivity index (χ0) is 15.0. The number of carbonyl (C=O) groups is 2. The van der Waals surface area contributed by atoms with Crippen molar-refractivity contribution in [2.24, 2.45) is 5.73 Å². The minimum Gasteiger partial charge on any atom is -0.434 e. The Balaban J connectivity index is 2.40. The molecule has 0 aliphatic carbocycles. The molecular formula is C14H20N2O4. The average molecular weight is 280 g/mol. The number of alkyl carbamates (subject to hydrolysis) is 1. The molecule has 0 spiro atoms. The van der Waals surface area contributed by atoms with Gasteiger partial charge in [-0.1, -0.05) is 30.3 Å². The van der Waals surface area contributed by atoms with E-state index >= 15 is 0 Å². The molecule has 0 aliphatic rings. The van der Waals surface area contributed by atoms with E-state index < -0.39 is 18.1 Å². The number of rotatable bonds is 7. The molecule has 2 amide bonds. The van der Waals surface area contributed by atoms with Crippen molar-refractivity contribution in [3.05, 3.63) is 35.9 Å². The fourth-order valence-corrected chi connectivity index (χ4v) is 1.40. The number of nitrogens with two attached hydrogens (primary N) is 1. The van der Waals surface area contributed by atoms with E-state index in [1.165, 1.54) is 0 Å². The smallest absolute Gasteiger partial charge is 0.408 e. The van der Waals surface area contributed by atoms with Gasteiger partial charge in [0.1, 0.15) is 0 Å². The van der Waals surface area contributed by atoms with E-state index in [2.05, 4.69) is 5.32 Å². The number of primary amides is 1. The summed E-state index contributed by atoms with van der Waals surface area (Å²) in [7, 11) is 0. The standard InChI is InChI=1S/C14H20N2O4/c1-10(2)19-9-12(13(15)17)20-14(18)16-8-11-6-4-3-5-7-11/h3-7,10,12H,8-9H2,1-2H3,(H2,15,17)(H,16,18)/t12-/m0/s1. The number of nitrogens with one attached hydrogen (secondary N) is 1. The van der Waals surface area contributed by atoms with Crippen molar-refractivity contribution in [1.29, 1.82) is 0 Å². The summed E-state index contributed by atoms with van der Waals surface area (Å²) in [5.41, 5.74) is 6.08. The van der Waals surface area contributed by atoms with E-state index in [9.17, 15) is 9.59 Å². The van der Waals surface area contributed by atoms with Crippen LogP contribution in [0.15, 0.2) is 30.3 Å². The molecular weight excluding hydrogens is 260 g/mol. The Labute approximate surface area is 118 Å². The van der Waals surface area contributed by atoms with Crippen LogP contribution in [0, 0.1) is 0 Å². The van der Waals surface area contributed by atoms with Crippen LogP contribution in [0.4, 0.5) is 4.79 Å². The van der Waals surface area contributed by atoms with E-state index in [1.54, 1.807) is 0 Å². The van der Waals surface area contributed by atoms with Crippen molar-refractivity contribution >= 4 is 12.0 Å². The van der Waals surface area contributed by atoms with Gasteiger partial charge in [-0.3, -0.25) is 4.79 Å². The highest BCUT2D eigenvalue weighted by Gasteiger charge is 2.21. The average Bonchev–Trinajstić information content (AvgIpc) is 2.41. The van der Waals surface area contributed by atoms with Crippen LogP contribution in [0.3, 0.4) is 0 Å². The van der Waals surface area contributed by atoms with Crippen molar-refractivity contribution in [2.75, 3.05) is 6.61 Å². The number of hydrogen-bond acceptors (Lipinski definition) is 4. The molecule has 0 heterocycles. The third kappa shape index (κ3) is 6.19. The highest BCUT2D eigenvalue weighted by Crippen LogP contribution is 2.00. The van der Waals surface area contributed by atoms with E-state index in [-0.39, 0.29) is 12.7 Å². The minimum atomic E-state index is -1.09. The molecule has 0 bridgehead atoms. The number of hydrogen-bond donors (Lipinski definition) is 2. The van der Waals surface area contributed by atoms with E-state index in [0.717, 1.165) is 5.56 Å². The summed E-state index contributed by atoms with van der Waals surface area (Å²) in [5, 5.41) is 2.55. The van der Waals surface area contributed by atoms with Gasteiger partial charge in [0.2, 0.25) is 6.10 Å². The van der Waals surface area contributed by atoms with Gasteiger partial charge in [-0.05, 0) is 19.4 Å². The topological polar surface area (TPSA) is 90.7 Å². The maximum Gasteiger partial charge on any atom is 0.408 e. The Bertz CT molecular complexity index is 434. The molecule has 1 atom stereocenters. The summed E-state index contributed by atoms with van der Waals surface area (Å²) in [6, 6.07) is 9.35. The lowest BCUT2D eigenvalue weighted by Crippen LogP contribution is -2.40. The molecule has 0 aliphatic heterocycles. The summed E-state index contributed by atoms with van der Waals surface area (Å²) < 4.78 is 10.2. The van der Waals surface area contributed by atoms with E-state index in [4.69, 9.17) is 15.2 Å². The van der Waals surface area contributed by atoms with Crippen LogP contribution in [-0.4, -0.2) is 30.8 Å². The molecule has 6 heteroatoms. The predicted octanol–water partition coefficient (Wildman–Crippen LogP) is 1.19. The van der Waals surface area contributed by atoms with Crippen LogP contribution >= 0.6 is 0 Å². The monoisotopic (exact) mass is 280 g/mol. The van der Waals surface area contributed by atoms with Gasteiger partial charge in [0.05, 0.1) is 12.7 Å². The second-order valence-corrected chi connectivity index (χ2v) is 4.52. The van der Waals surface area contributed by atoms with Gasteiger partial charge in [-0.2, -0.15) is 0 Å². The third-order valence-corrected chi connectivity index (χ3v) is 2.43. The van der Waals surface area contributed by atoms with Crippen molar-refractivity contribution in [2.45, 2.75) is 32.6 Å². The summed E-state index contributed by atoms with van der Waals surface area (Å²) >= 11 is 0. The van der Waals surface area contributed by atoms with Crippen LogP contribution in [-0.2, 0) is 20.8 Å². The lowest BCUT2D eigenvalue weighted by atomic mass is 10.2. The highest BCUT2D eigenvalue weighted by atomic mass is 16.6. The molecule has 3 N–H and O–H groups in total. The molecule has 1 aromatic carbocycles. The van der Waals surface area contributed by atoms with Crippen molar-refractivity contribution in [3.8, 4) is 0 Å². The molecule has 110 valence electrons. The van der Waals surface area contributed by atoms with Crippen LogP contribution < -0.4 is 11.1 Å². The van der Waals surface area contributed by atoms with Gasteiger partial charge in [0.15, 0.2) is 0 Å². The zero-order valence-corrected chi connectivity index (χ0v) is 11.7. The first-order valence-corrected chi connectivity index (χ1v) is 6.38. The molecule has 1 rings (SSSR count). The fourth-order valence-electron chi connectivity index (χ4n) is 1.40. The summed E-state index contributed by atoms with van der Waals surface area (Å²) in [6.07, 6.45) is -1.87. The second kappa shape index (κ2) is 8.16. The molecule has 0 saturated carbocycles. The molecule has 0 radical (unpaired) electrons. The molecule has 0 fully saturated rings. The second-order valence-electron chi connectivity index (χ2n) is 4.52. The molecule has 0 aromatic heterocycles. The summed E-state index contributed by atoms with van der Waals surface area (Å²) in [5.74, 6) is -0.736. The normalized spacial score (nSPS) is 11.9.